The van der Waals surface area contributed by atoms with Crippen molar-refractivity contribution in [1.29, 1.82) is 0 Å². The number of anilines is 2. The first-order valence-corrected chi connectivity index (χ1v) is 9.18. The van der Waals surface area contributed by atoms with Crippen LogP contribution in [0, 0.1) is 10.1 Å². The molecule has 2 aromatic heterocycles. The monoisotopic (exact) mass is 381 g/mol. The number of pyridine rings is 1. The summed E-state index contributed by atoms with van der Waals surface area (Å²) in [5.41, 5.74) is 0.980. The van der Waals surface area contributed by atoms with Crippen LogP contribution in [0.5, 0.6) is 0 Å². The lowest BCUT2D eigenvalue weighted by Crippen LogP contribution is -1.91. The van der Waals surface area contributed by atoms with E-state index >= 15 is 0 Å². The summed E-state index contributed by atoms with van der Waals surface area (Å²) in [7, 11) is 0. The van der Waals surface area contributed by atoms with Gasteiger partial charge in [0, 0.05) is 34.4 Å². The molecule has 0 aliphatic heterocycles. The first-order chi connectivity index (χ1) is 12.7. The third-order valence-corrected chi connectivity index (χ3v) is 5.55. The summed E-state index contributed by atoms with van der Waals surface area (Å²) < 4.78 is 0.746. The first-order valence-electron chi connectivity index (χ1n) is 7.55. The Bertz CT molecular complexity index is 1080. The second kappa shape index (κ2) is 7.06. The Morgan fingerprint density at radius 1 is 1.04 bits per heavy atom. The number of nitro groups is 1. The fourth-order valence-corrected chi connectivity index (χ4v) is 4.30. The SMILES string of the molecule is O=[N+]([O-])c1ccc(Sc2nnc(Nc3ccccc3)s2)c2ccncc12. The zero-order chi connectivity index (χ0) is 17.9. The van der Waals surface area contributed by atoms with Crippen molar-refractivity contribution in [1.82, 2.24) is 15.2 Å². The quantitative estimate of drug-likeness (QED) is 0.388. The van der Waals surface area contributed by atoms with Gasteiger partial charge in [-0.1, -0.05) is 41.3 Å². The summed E-state index contributed by atoms with van der Waals surface area (Å²) in [5, 5.41) is 24.7. The molecule has 0 aliphatic carbocycles. The lowest BCUT2D eigenvalue weighted by Gasteiger charge is -2.04. The van der Waals surface area contributed by atoms with Crippen LogP contribution in [0.15, 0.2) is 70.2 Å². The van der Waals surface area contributed by atoms with E-state index in [2.05, 4.69) is 20.5 Å². The van der Waals surface area contributed by atoms with Gasteiger partial charge in [-0.25, -0.2) is 0 Å². The van der Waals surface area contributed by atoms with Crippen LogP contribution in [-0.4, -0.2) is 20.1 Å². The molecule has 2 aromatic carbocycles. The number of fused-ring (bicyclic) bond motifs is 1. The van der Waals surface area contributed by atoms with Gasteiger partial charge < -0.3 is 5.32 Å². The Kier molecular flexibility index (Phi) is 4.46. The summed E-state index contributed by atoms with van der Waals surface area (Å²) in [6, 6.07) is 14.7. The summed E-state index contributed by atoms with van der Waals surface area (Å²) >= 11 is 2.85. The molecular formula is C17H11N5O2S2. The van der Waals surface area contributed by atoms with Gasteiger partial charge >= 0.3 is 0 Å². The molecule has 0 unspecified atom stereocenters. The Morgan fingerprint density at radius 3 is 2.69 bits per heavy atom. The fraction of sp³-hybridized carbons (Fsp3) is 0. The van der Waals surface area contributed by atoms with Gasteiger partial charge in [-0.3, -0.25) is 15.1 Å². The molecule has 0 saturated heterocycles. The predicted molar refractivity (Wildman–Crippen MR) is 102 cm³/mol. The van der Waals surface area contributed by atoms with Gasteiger partial charge in [-0.05, 0) is 24.3 Å². The van der Waals surface area contributed by atoms with E-state index in [1.54, 1.807) is 18.3 Å². The average Bonchev–Trinajstić information content (AvgIpc) is 3.09. The minimum atomic E-state index is -0.398. The van der Waals surface area contributed by atoms with E-state index in [9.17, 15) is 10.1 Å². The summed E-state index contributed by atoms with van der Waals surface area (Å²) in [6.45, 7) is 0. The lowest BCUT2D eigenvalue weighted by molar-refractivity contribution is -0.383. The van der Waals surface area contributed by atoms with Gasteiger partial charge in [-0.15, -0.1) is 10.2 Å². The normalized spacial score (nSPS) is 10.8. The molecular weight excluding hydrogens is 370 g/mol. The predicted octanol–water partition coefficient (Wildman–Crippen LogP) is 4.89. The van der Waals surface area contributed by atoms with Gasteiger partial charge in [0.15, 0.2) is 4.34 Å². The number of nitrogens with one attached hydrogen (secondary N) is 1. The number of non-ortho nitro benzene ring substituents is 1. The topological polar surface area (TPSA) is 93.8 Å². The van der Waals surface area contributed by atoms with Gasteiger partial charge in [-0.2, -0.15) is 0 Å². The third kappa shape index (κ3) is 3.35. The van der Waals surface area contributed by atoms with Gasteiger partial charge in [0.1, 0.15) is 0 Å². The van der Waals surface area contributed by atoms with Crippen LogP contribution < -0.4 is 5.32 Å². The molecule has 0 saturated carbocycles. The third-order valence-electron chi connectivity index (χ3n) is 3.58. The molecule has 4 aromatic rings. The molecule has 2 heterocycles. The second-order valence-corrected chi connectivity index (χ2v) is 7.49. The number of nitrogens with zero attached hydrogens (tertiary/aromatic N) is 4. The maximum Gasteiger partial charge on any atom is 0.278 e. The number of aromatic nitrogens is 3. The molecule has 1 N–H and O–H groups in total. The zero-order valence-electron chi connectivity index (χ0n) is 13.2. The molecule has 0 bridgehead atoms. The number of rotatable bonds is 5. The van der Waals surface area contributed by atoms with Crippen molar-refractivity contribution in [3.63, 3.8) is 0 Å². The van der Waals surface area contributed by atoms with E-state index in [1.807, 2.05) is 30.3 Å². The highest BCUT2D eigenvalue weighted by Crippen LogP contribution is 2.38. The minimum Gasteiger partial charge on any atom is -0.330 e. The van der Waals surface area contributed by atoms with Crippen LogP contribution in [0.2, 0.25) is 0 Å². The molecule has 0 aliphatic rings. The van der Waals surface area contributed by atoms with Crippen molar-refractivity contribution in [2.24, 2.45) is 0 Å². The highest BCUT2D eigenvalue weighted by atomic mass is 32.2. The van der Waals surface area contributed by atoms with E-state index in [1.165, 1.54) is 35.4 Å². The smallest absolute Gasteiger partial charge is 0.278 e. The van der Waals surface area contributed by atoms with Crippen molar-refractivity contribution >= 4 is 50.4 Å². The summed E-state index contributed by atoms with van der Waals surface area (Å²) in [4.78, 5) is 15.7. The lowest BCUT2D eigenvalue weighted by atomic mass is 10.1. The van der Waals surface area contributed by atoms with Crippen LogP contribution >= 0.6 is 23.1 Å². The van der Waals surface area contributed by atoms with Crippen LogP contribution in [0.4, 0.5) is 16.5 Å². The largest absolute Gasteiger partial charge is 0.330 e. The standard InChI is InChI=1S/C17H11N5O2S2/c23-22(24)14-6-7-15(12-8-9-18-10-13(12)14)25-17-21-20-16(26-17)19-11-4-2-1-3-5-11/h1-10H,(H,19,20). The number of benzene rings is 2. The second-order valence-electron chi connectivity index (χ2n) is 5.23. The minimum absolute atomic E-state index is 0.0427. The van der Waals surface area contributed by atoms with Crippen molar-refractivity contribution in [2.45, 2.75) is 9.24 Å². The molecule has 4 rings (SSSR count). The van der Waals surface area contributed by atoms with Crippen molar-refractivity contribution in [3.8, 4) is 0 Å². The molecule has 0 radical (unpaired) electrons. The van der Waals surface area contributed by atoms with Crippen molar-refractivity contribution in [3.05, 3.63) is 71.0 Å². The Balaban J connectivity index is 1.62. The molecule has 0 atom stereocenters. The Labute approximate surface area is 156 Å². The molecule has 0 fully saturated rings. The number of hydrogen-bond donors (Lipinski definition) is 1. The highest BCUT2D eigenvalue weighted by molar-refractivity contribution is 8.01. The van der Waals surface area contributed by atoms with E-state index in [-0.39, 0.29) is 5.69 Å². The molecule has 0 spiro atoms. The Hall–Kier alpha value is -3.04. The van der Waals surface area contributed by atoms with Crippen molar-refractivity contribution in [2.75, 3.05) is 5.32 Å². The number of nitro benzene ring substituents is 1. The average molecular weight is 381 g/mol. The van der Waals surface area contributed by atoms with Crippen LogP contribution in [-0.2, 0) is 0 Å². The number of para-hydroxylation sites is 1. The van der Waals surface area contributed by atoms with Crippen LogP contribution in [0.3, 0.4) is 0 Å². The van der Waals surface area contributed by atoms with Gasteiger partial charge in [0.05, 0.1) is 10.3 Å². The fourth-order valence-electron chi connectivity index (χ4n) is 2.44. The molecule has 26 heavy (non-hydrogen) atoms. The maximum atomic E-state index is 11.2. The first kappa shape index (κ1) is 16.4. The Morgan fingerprint density at radius 2 is 1.88 bits per heavy atom. The molecule has 0 amide bonds. The molecule has 9 heteroatoms. The molecule has 128 valence electrons. The summed E-state index contributed by atoms with van der Waals surface area (Å²) in [5.74, 6) is 0. The van der Waals surface area contributed by atoms with E-state index < -0.39 is 4.92 Å². The van der Waals surface area contributed by atoms with Crippen LogP contribution in [0.25, 0.3) is 10.8 Å². The van der Waals surface area contributed by atoms with Gasteiger partial charge in [0.2, 0.25) is 5.13 Å². The zero-order valence-corrected chi connectivity index (χ0v) is 14.8. The van der Waals surface area contributed by atoms with E-state index in [4.69, 9.17) is 0 Å². The number of hydrogen-bond acceptors (Lipinski definition) is 8. The molecule has 7 nitrogen and oxygen atoms in total. The highest BCUT2D eigenvalue weighted by Gasteiger charge is 2.16. The van der Waals surface area contributed by atoms with Crippen LogP contribution in [0.1, 0.15) is 0 Å². The van der Waals surface area contributed by atoms with Crippen molar-refractivity contribution < 1.29 is 4.92 Å². The van der Waals surface area contributed by atoms with E-state index in [0.29, 0.717) is 10.5 Å². The summed E-state index contributed by atoms with van der Waals surface area (Å²) in [6.07, 6.45) is 3.14. The van der Waals surface area contributed by atoms with Gasteiger partial charge in [0.25, 0.3) is 5.69 Å². The maximum absolute atomic E-state index is 11.2. The van der Waals surface area contributed by atoms with E-state index in [0.717, 1.165) is 20.3 Å².